The molecule has 0 aliphatic heterocycles. The van der Waals surface area contributed by atoms with Crippen molar-refractivity contribution in [2.24, 2.45) is 7.05 Å². The molecular weight excluding hydrogens is 294 g/mol. The molecule has 0 amide bonds. The van der Waals surface area contributed by atoms with E-state index in [1.807, 2.05) is 23.7 Å². The minimum atomic E-state index is 0.164. The minimum absolute atomic E-state index is 0.164. The van der Waals surface area contributed by atoms with Crippen molar-refractivity contribution >= 4 is 27.3 Å². The van der Waals surface area contributed by atoms with Crippen molar-refractivity contribution in [1.29, 1.82) is 0 Å². The van der Waals surface area contributed by atoms with Gasteiger partial charge in [0.15, 0.2) is 4.96 Å². The average Bonchev–Trinajstić information content (AvgIpc) is 3.19. The Labute approximate surface area is 132 Å². The Kier molecular flexibility index (Phi) is 3.20. The molecule has 1 N–H and O–H groups in total. The molecule has 0 aliphatic rings. The zero-order valence-electron chi connectivity index (χ0n) is 12.5. The quantitative estimate of drug-likeness (QED) is 0.630. The molecule has 0 bridgehead atoms. The molecule has 0 saturated carbocycles. The Balaban J connectivity index is 1.54. The highest BCUT2D eigenvalue weighted by atomic mass is 32.1. The van der Waals surface area contributed by atoms with Crippen molar-refractivity contribution < 1.29 is 0 Å². The molecule has 4 aromatic rings. The molecule has 3 heterocycles. The van der Waals surface area contributed by atoms with Gasteiger partial charge in [0.2, 0.25) is 0 Å². The van der Waals surface area contributed by atoms with Crippen LogP contribution in [0.1, 0.15) is 24.5 Å². The second-order valence-corrected chi connectivity index (χ2v) is 6.32. The summed E-state index contributed by atoms with van der Waals surface area (Å²) >= 11 is 1.65. The first-order valence-electron chi connectivity index (χ1n) is 7.28. The van der Waals surface area contributed by atoms with Gasteiger partial charge in [-0.2, -0.15) is 0 Å². The molecule has 0 radical (unpaired) electrons. The van der Waals surface area contributed by atoms with Crippen LogP contribution >= 0.6 is 11.3 Å². The summed E-state index contributed by atoms with van der Waals surface area (Å²) in [4.78, 5) is 10.4. The van der Waals surface area contributed by atoms with Crippen LogP contribution in [0.2, 0.25) is 0 Å². The van der Waals surface area contributed by atoms with Crippen LogP contribution in [0.4, 0.5) is 0 Å². The molecule has 112 valence electrons. The van der Waals surface area contributed by atoms with Crippen molar-refractivity contribution in [2.45, 2.75) is 19.5 Å². The fourth-order valence-corrected chi connectivity index (χ4v) is 3.48. The molecule has 0 unspecified atom stereocenters. The van der Waals surface area contributed by atoms with E-state index in [0.717, 1.165) is 34.1 Å². The van der Waals surface area contributed by atoms with Crippen LogP contribution in [0.25, 0.3) is 16.0 Å². The van der Waals surface area contributed by atoms with E-state index in [4.69, 9.17) is 4.98 Å². The molecule has 0 saturated heterocycles. The van der Waals surface area contributed by atoms with E-state index in [1.165, 1.54) is 0 Å². The van der Waals surface area contributed by atoms with Gasteiger partial charge >= 0.3 is 0 Å². The van der Waals surface area contributed by atoms with Crippen LogP contribution in [0.3, 0.4) is 0 Å². The number of nitrogens with one attached hydrogen (secondary N) is 1. The fraction of sp³-hybridized carbons (Fsp3) is 0.250. The van der Waals surface area contributed by atoms with Crippen LogP contribution in [-0.2, 0) is 13.6 Å². The van der Waals surface area contributed by atoms with Gasteiger partial charge in [0, 0.05) is 31.4 Å². The van der Waals surface area contributed by atoms with E-state index in [1.54, 1.807) is 11.3 Å². The number of fused-ring (bicyclic) bond motifs is 2. The first-order valence-corrected chi connectivity index (χ1v) is 8.16. The molecule has 6 heteroatoms. The lowest BCUT2D eigenvalue weighted by Crippen LogP contribution is -2.21. The maximum Gasteiger partial charge on any atom is 0.193 e. The molecule has 1 aromatic carbocycles. The molecule has 5 nitrogen and oxygen atoms in total. The van der Waals surface area contributed by atoms with Crippen LogP contribution in [0.15, 0.2) is 42.0 Å². The first kappa shape index (κ1) is 13.5. The first-order chi connectivity index (χ1) is 10.7. The van der Waals surface area contributed by atoms with Crippen molar-refractivity contribution in [3.8, 4) is 0 Å². The van der Waals surface area contributed by atoms with Gasteiger partial charge in [-0.1, -0.05) is 12.1 Å². The Bertz CT molecular complexity index is 904. The normalized spacial score (nSPS) is 13.2. The highest BCUT2D eigenvalue weighted by molar-refractivity contribution is 7.15. The molecule has 0 spiro atoms. The summed E-state index contributed by atoms with van der Waals surface area (Å²) in [5, 5.41) is 5.56. The van der Waals surface area contributed by atoms with E-state index in [9.17, 15) is 0 Å². The maximum absolute atomic E-state index is 4.73. The Hall–Kier alpha value is -2.18. The standard InChI is InChI=1S/C16H17N5S/c1-11(15-19-13-5-3-4-6-14(13)20(15)2)17-9-12-10-21-7-8-22-16(21)18-12/h3-8,10-11,17H,9H2,1-2H3/t11-/m0/s1. The number of nitrogens with zero attached hydrogens (tertiary/aromatic N) is 4. The summed E-state index contributed by atoms with van der Waals surface area (Å²) in [6.45, 7) is 2.87. The third-order valence-electron chi connectivity index (χ3n) is 3.94. The molecule has 1 atom stereocenters. The number of thiazole rings is 1. The number of hydrogen-bond acceptors (Lipinski definition) is 4. The van der Waals surface area contributed by atoms with Crippen molar-refractivity contribution in [3.63, 3.8) is 0 Å². The SMILES string of the molecule is C[C@H](NCc1cn2ccsc2n1)c1nc2ccccc2n1C. The van der Waals surface area contributed by atoms with E-state index < -0.39 is 0 Å². The molecule has 22 heavy (non-hydrogen) atoms. The van der Waals surface area contributed by atoms with E-state index in [-0.39, 0.29) is 6.04 Å². The number of hydrogen-bond donors (Lipinski definition) is 1. The van der Waals surface area contributed by atoms with Crippen LogP contribution in [0.5, 0.6) is 0 Å². The van der Waals surface area contributed by atoms with E-state index >= 15 is 0 Å². The second kappa shape index (κ2) is 5.23. The number of imidazole rings is 2. The lowest BCUT2D eigenvalue weighted by Gasteiger charge is -2.12. The molecule has 0 fully saturated rings. The Morgan fingerprint density at radius 1 is 1.27 bits per heavy atom. The summed E-state index contributed by atoms with van der Waals surface area (Å²) in [6, 6.07) is 8.38. The topological polar surface area (TPSA) is 47.1 Å². The highest BCUT2D eigenvalue weighted by Gasteiger charge is 2.14. The van der Waals surface area contributed by atoms with Gasteiger partial charge in [-0.3, -0.25) is 4.40 Å². The second-order valence-electron chi connectivity index (χ2n) is 5.45. The van der Waals surface area contributed by atoms with Crippen LogP contribution in [-0.4, -0.2) is 18.9 Å². The summed E-state index contributed by atoms with van der Waals surface area (Å²) < 4.78 is 4.21. The van der Waals surface area contributed by atoms with Crippen LogP contribution < -0.4 is 5.32 Å². The largest absolute Gasteiger partial charge is 0.330 e. The summed E-state index contributed by atoms with van der Waals surface area (Å²) in [5.41, 5.74) is 3.25. The van der Waals surface area contributed by atoms with E-state index in [2.05, 4.69) is 51.6 Å². The van der Waals surface area contributed by atoms with Crippen molar-refractivity contribution in [3.05, 3.63) is 53.6 Å². The third kappa shape index (κ3) is 2.20. The summed E-state index contributed by atoms with van der Waals surface area (Å²) in [7, 11) is 2.06. The number of para-hydroxylation sites is 2. The predicted molar refractivity (Wildman–Crippen MR) is 89.0 cm³/mol. The number of benzene rings is 1. The molecule has 3 aromatic heterocycles. The minimum Gasteiger partial charge on any atom is -0.330 e. The monoisotopic (exact) mass is 311 g/mol. The zero-order valence-corrected chi connectivity index (χ0v) is 13.3. The van der Waals surface area contributed by atoms with Crippen molar-refractivity contribution in [1.82, 2.24) is 24.3 Å². The smallest absolute Gasteiger partial charge is 0.193 e. The highest BCUT2D eigenvalue weighted by Crippen LogP contribution is 2.19. The number of aromatic nitrogens is 4. The van der Waals surface area contributed by atoms with Gasteiger partial charge in [-0.25, -0.2) is 9.97 Å². The number of aryl methyl sites for hydroxylation is 1. The van der Waals surface area contributed by atoms with Crippen molar-refractivity contribution in [2.75, 3.05) is 0 Å². The predicted octanol–water partition coefficient (Wildman–Crippen LogP) is 3.13. The van der Waals surface area contributed by atoms with Gasteiger partial charge in [0.1, 0.15) is 5.82 Å². The summed E-state index contributed by atoms with van der Waals surface area (Å²) in [5.74, 6) is 1.04. The van der Waals surface area contributed by atoms with Crippen LogP contribution in [0, 0.1) is 0 Å². The lowest BCUT2D eigenvalue weighted by atomic mass is 10.3. The fourth-order valence-electron chi connectivity index (χ4n) is 2.76. The lowest BCUT2D eigenvalue weighted by molar-refractivity contribution is 0.529. The zero-order chi connectivity index (χ0) is 15.1. The van der Waals surface area contributed by atoms with E-state index in [0.29, 0.717) is 0 Å². The Morgan fingerprint density at radius 2 is 2.14 bits per heavy atom. The number of rotatable bonds is 4. The van der Waals surface area contributed by atoms with Gasteiger partial charge < -0.3 is 9.88 Å². The molecule has 4 rings (SSSR count). The van der Waals surface area contributed by atoms with Gasteiger partial charge in [-0.15, -0.1) is 11.3 Å². The molecular formula is C16H17N5S. The average molecular weight is 311 g/mol. The van der Waals surface area contributed by atoms with Gasteiger partial charge in [0.25, 0.3) is 0 Å². The van der Waals surface area contributed by atoms with Gasteiger partial charge in [-0.05, 0) is 19.1 Å². The summed E-state index contributed by atoms with van der Waals surface area (Å²) in [6.07, 6.45) is 4.10. The molecule has 0 aliphatic carbocycles. The maximum atomic E-state index is 4.73. The Morgan fingerprint density at radius 3 is 2.95 bits per heavy atom. The van der Waals surface area contributed by atoms with Gasteiger partial charge in [0.05, 0.1) is 22.8 Å². The third-order valence-corrected chi connectivity index (χ3v) is 4.71.